The summed E-state index contributed by atoms with van der Waals surface area (Å²) in [4.78, 5) is 37.2. The van der Waals surface area contributed by atoms with Gasteiger partial charge in [0.1, 0.15) is 12.1 Å². The first-order valence-electron chi connectivity index (χ1n) is 13.3. The van der Waals surface area contributed by atoms with Crippen LogP contribution in [0.15, 0.2) is 0 Å². The SMILES string of the molecule is CCCCCCCCCCCOC(=O)C(CCSC)NC(=O)C(CCSC)NC(=O)C(F)(F)C(F)(F)C(F)(F)F. The zero-order valence-electron chi connectivity index (χ0n) is 23.1. The van der Waals surface area contributed by atoms with Gasteiger partial charge in [0, 0.05) is 0 Å². The van der Waals surface area contributed by atoms with Crippen LogP contribution in [0.3, 0.4) is 0 Å². The van der Waals surface area contributed by atoms with Crippen molar-refractivity contribution < 1.29 is 49.9 Å². The standard InChI is InChI=1S/C25H41F7N2O4S2/c1-4-5-6-7-8-9-10-11-12-15-38-21(36)19(14-17-40-3)33-20(35)18(13-16-39-2)34-22(37)23(26,27)24(28,29)25(30,31)32/h18-19H,4-17H2,1-3H3,(H,33,35)(H,34,37). The molecule has 236 valence electrons. The number of unbranched alkanes of at least 4 members (excludes halogenated alkanes) is 8. The second-order valence-electron chi connectivity index (χ2n) is 9.29. The molecule has 0 aromatic rings. The average molecular weight is 631 g/mol. The average Bonchev–Trinajstić information content (AvgIpc) is 2.88. The van der Waals surface area contributed by atoms with Crippen LogP contribution in [-0.4, -0.2) is 78.5 Å². The van der Waals surface area contributed by atoms with Crippen molar-refractivity contribution in [1.29, 1.82) is 0 Å². The van der Waals surface area contributed by atoms with Crippen molar-refractivity contribution in [2.75, 3.05) is 30.6 Å². The first-order chi connectivity index (χ1) is 18.7. The van der Waals surface area contributed by atoms with Gasteiger partial charge in [-0.1, -0.05) is 58.3 Å². The Balaban J connectivity index is 5.13. The molecule has 2 unspecified atom stereocenters. The highest BCUT2D eigenvalue weighted by atomic mass is 32.2. The van der Waals surface area contributed by atoms with Gasteiger partial charge in [-0.25, -0.2) is 4.79 Å². The molecule has 0 aliphatic rings. The van der Waals surface area contributed by atoms with Crippen LogP contribution in [-0.2, 0) is 19.1 Å². The highest BCUT2D eigenvalue weighted by Crippen LogP contribution is 2.46. The highest BCUT2D eigenvalue weighted by Gasteiger charge is 2.76. The minimum absolute atomic E-state index is 0.0676. The molecule has 0 spiro atoms. The van der Waals surface area contributed by atoms with Crippen molar-refractivity contribution in [3.05, 3.63) is 0 Å². The Bertz CT molecular complexity index is 759. The van der Waals surface area contributed by atoms with Crippen LogP contribution in [0.1, 0.15) is 77.6 Å². The maximum Gasteiger partial charge on any atom is 0.460 e. The number of ether oxygens (including phenoxy) is 1. The van der Waals surface area contributed by atoms with E-state index < -0.39 is 47.9 Å². The van der Waals surface area contributed by atoms with E-state index in [4.69, 9.17) is 4.74 Å². The molecule has 2 N–H and O–H groups in total. The molecule has 0 saturated heterocycles. The minimum atomic E-state index is -6.70. The van der Waals surface area contributed by atoms with Gasteiger partial charge < -0.3 is 15.4 Å². The van der Waals surface area contributed by atoms with Gasteiger partial charge in [0.15, 0.2) is 0 Å². The maximum absolute atomic E-state index is 13.8. The first kappa shape index (κ1) is 38.6. The minimum Gasteiger partial charge on any atom is -0.464 e. The summed E-state index contributed by atoms with van der Waals surface area (Å²) in [6, 6.07) is -3.12. The third-order valence-corrected chi connectivity index (χ3v) is 7.26. The number of hydrogen-bond acceptors (Lipinski definition) is 6. The van der Waals surface area contributed by atoms with Gasteiger partial charge in [-0.3, -0.25) is 9.59 Å². The van der Waals surface area contributed by atoms with Crippen LogP contribution in [0.2, 0.25) is 0 Å². The van der Waals surface area contributed by atoms with E-state index in [-0.39, 0.29) is 25.2 Å². The van der Waals surface area contributed by atoms with Gasteiger partial charge >= 0.3 is 24.0 Å². The van der Waals surface area contributed by atoms with E-state index in [0.29, 0.717) is 12.2 Å². The van der Waals surface area contributed by atoms with Crippen LogP contribution < -0.4 is 10.6 Å². The summed E-state index contributed by atoms with van der Waals surface area (Å²) in [5, 5.41) is 3.57. The number of rotatable bonds is 22. The molecule has 0 aliphatic carbocycles. The molecular formula is C25H41F7N2O4S2. The molecule has 0 aromatic heterocycles. The number of esters is 1. The zero-order valence-corrected chi connectivity index (χ0v) is 24.8. The molecule has 0 aliphatic heterocycles. The number of hydrogen-bond donors (Lipinski definition) is 2. The fourth-order valence-electron chi connectivity index (χ4n) is 3.52. The van der Waals surface area contributed by atoms with E-state index >= 15 is 0 Å². The lowest BCUT2D eigenvalue weighted by molar-refractivity contribution is -0.344. The maximum atomic E-state index is 13.8. The topological polar surface area (TPSA) is 84.5 Å². The van der Waals surface area contributed by atoms with Gasteiger partial charge in [-0.15, -0.1) is 0 Å². The summed E-state index contributed by atoms with van der Waals surface area (Å²) in [5.74, 6) is -17.3. The summed E-state index contributed by atoms with van der Waals surface area (Å²) in [7, 11) is 0. The Morgan fingerprint density at radius 2 is 1.20 bits per heavy atom. The summed E-state index contributed by atoms with van der Waals surface area (Å²) < 4.78 is 96.9. The van der Waals surface area contributed by atoms with Crippen molar-refractivity contribution in [3.63, 3.8) is 0 Å². The Morgan fingerprint density at radius 3 is 1.68 bits per heavy atom. The smallest absolute Gasteiger partial charge is 0.460 e. The van der Waals surface area contributed by atoms with Crippen molar-refractivity contribution in [2.24, 2.45) is 0 Å². The van der Waals surface area contributed by atoms with Crippen LogP contribution in [0, 0.1) is 0 Å². The summed E-state index contributed by atoms with van der Waals surface area (Å²) in [6.07, 6.45) is 5.71. The molecular weight excluding hydrogens is 589 g/mol. The Morgan fingerprint density at radius 1 is 0.725 bits per heavy atom. The van der Waals surface area contributed by atoms with Crippen LogP contribution in [0.4, 0.5) is 30.7 Å². The molecule has 0 saturated carbocycles. The van der Waals surface area contributed by atoms with Crippen molar-refractivity contribution >= 4 is 41.3 Å². The monoisotopic (exact) mass is 630 g/mol. The Kier molecular flexibility index (Phi) is 19.0. The van der Waals surface area contributed by atoms with Crippen molar-refractivity contribution in [1.82, 2.24) is 10.6 Å². The fraction of sp³-hybridized carbons (Fsp3) is 0.880. The number of carbonyl (C=O) groups is 3. The predicted octanol–water partition coefficient (Wildman–Crippen LogP) is 6.37. The lowest BCUT2D eigenvalue weighted by Gasteiger charge is -2.29. The molecule has 0 aromatic carbocycles. The molecule has 2 amide bonds. The number of amides is 2. The van der Waals surface area contributed by atoms with Gasteiger partial charge in [0.2, 0.25) is 5.91 Å². The van der Waals surface area contributed by atoms with Crippen molar-refractivity contribution in [3.8, 4) is 0 Å². The predicted molar refractivity (Wildman–Crippen MR) is 144 cm³/mol. The second-order valence-corrected chi connectivity index (χ2v) is 11.3. The Hall–Kier alpha value is -1.38. The fourth-order valence-corrected chi connectivity index (χ4v) is 4.46. The highest BCUT2D eigenvalue weighted by molar-refractivity contribution is 7.98. The third kappa shape index (κ3) is 13.5. The lowest BCUT2D eigenvalue weighted by atomic mass is 10.1. The van der Waals surface area contributed by atoms with Crippen molar-refractivity contribution in [2.45, 2.75) is 108 Å². The number of halogens is 7. The summed E-state index contributed by atoms with van der Waals surface area (Å²) in [5.41, 5.74) is 0. The van der Waals surface area contributed by atoms with Crippen LogP contribution in [0.25, 0.3) is 0 Å². The Labute approximate surface area is 240 Å². The molecule has 15 heteroatoms. The van der Waals surface area contributed by atoms with E-state index in [1.807, 2.05) is 0 Å². The largest absolute Gasteiger partial charge is 0.464 e. The van der Waals surface area contributed by atoms with E-state index in [2.05, 4.69) is 12.2 Å². The molecule has 0 heterocycles. The molecule has 6 nitrogen and oxygen atoms in total. The number of carbonyl (C=O) groups excluding carboxylic acids is 3. The van der Waals surface area contributed by atoms with Crippen LogP contribution >= 0.6 is 23.5 Å². The molecule has 40 heavy (non-hydrogen) atoms. The van der Waals surface area contributed by atoms with E-state index in [1.54, 1.807) is 12.5 Å². The molecule has 0 rings (SSSR count). The quantitative estimate of drug-likeness (QED) is 0.0822. The lowest BCUT2D eigenvalue weighted by Crippen LogP contribution is -2.62. The van der Waals surface area contributed by atoms with E-state index in [0.717, 1.165) is 37.4 Å². The van der Waals surface area contributed by atoms with E-state index in [1.165, 1.54) is 42.8 Å². The summed E-state index contributed by atoms with van der Waals surface area (Å²) in [6.45, 7) is 2.24. The first-order valence-corrected chi connectivity index (χ1v) is 16.0. The molecule has 0 radical (unpaired) electrons. The second kappa shape index (κ2) is 19.7. The van der Waals surface area contributed by atoms with E-state index in [9.17, 15) is 45.1 Å². The third-order valence-electron chi connectivity index (χ3n) is 5.97. The van der Waals surface area contributed by atoms with Gasteiger partial charge in [-0.2, -0.15) is 54.3 Å². The van der Waals surface area contributed by atoms with Crippen LogP contribution in [0.5, 0.6) is 0 Å². The molecule has 0 fully saturated rings. The number of alkyl halides is 7. The normalized spacial score (nSPS) is 13.9. The van der Waals surface area contributed by atoms with Gasteiger partial charge in [0.05, 0.1) is 6.61 Å². The molecule has 2 atom stereocenters. The summed E-state index contributed by atoms with van der Waals surface area (Å²) >= 11 is 2.45. The van der Waals surface area contributed by atoms with Gasteiger partial charge in [0.25, 0.3) is 5.91 Å². The van der Waals surface area contributed by atoms with Gasteiger partial charge in [-0.05, 0) is 43.3 Å². The number of thioether (sulfide) groups is 2. The number of nitrogens with one attached hydrogen (secondary N) is 2. The zero-order chi connectivity index (χ0) is 30.8. The molecule has 0 bridgehead atoms.